The smallest absolute Gasteiger partial charge is 0.233 e. The molecule has 5 nitrogen and oxygen atoms in total. The zero-order valence-corrected chi connectivity index (χ0v) is 12.1. The number of amides is 2. The van der Waals surface area contributed by atoms with Crippen molar-refractivity contribution in [3.8, 4) is 0 Å². The molecule has 112 valence electrons. The van der Waals surface area contributed by atoms with Crippen molar-refractivity contribution in [2.24, 2.45) is 0 Å². The van der Waals surface area contributed by atoms with Crippen LogP contribution in [0.5, 0.6) is 0 Å². The molecule has 0 saturated heterocycles. The van der Waals surface area contributed by atoms with E-state index in [0.29, 0.717) is 16.9 Å². The van der Waals surface area contributed by atoms with Crippen molar-refractivity contribution in [3.05, 3.63) is 60.2 Å². The van der Waals surface area contributed by atoms with Crippen LogP contribution in [0.15, 0.2) is 54.6 Å². The largest absolute Gasteiger partial charge is 0.326 e. The number of hydrogen-bond acceptors (Lipinski definition) is 3. The molecule has 0 aliphatic heterocycles. The lowest BCUT2D eigenvalue weighted by Crippen LogP contribution is -2.21. The molecule has 2 aromatic rings. The van der Waals surface area contributed by atoms with Crippen LogP contribution in [0.4, 0.5) is 11.4 Å². The summed E-state index contributed by atoms with van der Waals surface area (Å²) in [6.07, 6.45) is -0.292. The third-order valence-electron chi connectivity index (χ3n) is 2.93. The highest BCUT2D eigenvalue weighted by Crippen LogP contribution is 2.12. The van der Waals surface area contributed by atoms with Gasteiger partial charge in [-0.05, 0) is 31.2 Å². The lowest BCUT2D eigenvalue weighted by molar-refractivity contribution is -0.123. The molecule has 0 aromatic heterocycles. The summed E-state index contributed by atoms with van der Waals surface area (Å²) < 4.78 is 0. The molecule has 0 radical (unpaired) electrons. The number of carbonyl (C=O) groups excluding carboxylic acids is 3. The fraction of sp³-hybridized carbons (Fsp3) is 0.118. The molecule has 0 unspecified atom stereocenters. The van der Waals surface area contributed by atoms with E-state index in [2.05, 4.69) is 10.6 Å². The van der Waals surface area contributed by atoms with Gasteiger partial charge < -0.3 is 10.6 Å². The molecule has 2 N–H and O–H groups in total. The van der Waals surface area contributed by atoms with E-state index in [0.717, 1.165) is 0 Å². The second-order valence-corrected chi connectivity index (χ2v) is 4.78. The number of benzene rings is 2. The third kappa shape index (κ3) is 4.56. The van der Waals surface area contributed by atoms with Gasteiger partial charge in [-0.15, -0.1) is 0 Å². The normalized spacial score (nSPS) is 9.86. The average molecular weight is 296 g/mol. The lowest BCUT2D eigenvalue weighted by atomic mass is 10.1. The summed E-state index contributed by atoms with van der Waals surface area (Å²) in [7, 11) is 0. The quantitative estimate of drug-likeness (QED) is 0.658. The molecule has 0 bridgehead atoms. The van der Waals surface area contributed by atoms with Crippen molar-refractivity contribution < 1.29 is 14.4 Å². The number of hydrogen-bond donors (Lipinski definition) is 2. The van der Waals surface area contributed by atoms with E-state index in [4.69, 9.17) is 0 Å². The molecule has 5 heteroatoms. The Hall–Kier alpha value is -2.95. The van der Waals surface area contributed by atoms with E-state index in [-0.39, 0.29) is 12.2 Å². The molecule has 2 rings (SSSR count). The van der Waals surface area contributed by atoms with E-state index in [1.165, 1.54) is 6.92 Å². The zero-order chi connectivity index (χ0) is 15.9. The standard InChI is InChI=1S/C17H16N2O3/c1-12(20)13-6-5-9-15(10-13)19-17(22)11-16(21)18-14-7-3-2-4-8-14/h2-10H,11H2,1H3,(H,18,21)(H,19,22). The minimum atomic E-state index is -0.436. The second kappa shape index (κ2) is 7.17. The Morgan fingerprint density at radius 1 is 0.818 bits per heavy atom. The first-order valence-corrected chi connectivity index (χ1v) is 6.80. The van der Waals surface area contributed by atoms with Crippen molar-refractivity contribution in [2.45, 2.75) is 13.3 Å². The molecule has 2 aromatic carbocycles. The van der Waals surface area contributed by atoms with Crippen LogP contribution in [0.3, 0.4) is 0 Å². The van der Waals surface area contributed by atoms with Gasteiger partial charge in [-0.2, -0.15) is 0 Å². The molecule has 2 amide bonds. The molecular weight excluding hydrogens is 280 g/mol. The minimum Gasteiger partial charge on any atom is -0.326 e. The Morgan fingerprint density at radius 2 is 1.41 bits per heavy atom. The first-order chi connectivity index (χ1) is 10.5. The summed E-state index contributed by atoms with van der Waals surface area (Å²) in [5.74, 6) is -0.918. The monoisotopic (exact) mass is 296 g/mol. The van der Waals surface area contributed by atoms with Gasteiger partial charge in [0.2, 0.25) is 11.8 Å². The van der Waals surface area contributed by atoms with E-state index < -0.39 is 11.8 Å². The van der Waals surface area contributed by atoms with Crippen molar-refractivity contribution in [1.82, 2.24) is 0 Å². The highest BCUT2D eigenvalue weighted by Gasteiger charge is 2.10. The van der Waals surface area contributed by atoms with Crippen LogP contribution in [-0.2, 0) is 9.59 Å². The maximum absolute atomic E-state index is 11.8. The van der Waals surface area contributed by atoms with Crippen molar-refractivity contribution in [2.75, 3.05) is 10.6 Å². The summed E-state index contributed by atoms with van der Waals surface area (Å²) in [5, 5.41) is 5.24. The number of rotatable bonds is 5. The van der Waals surface area contributed by atoms with Gasteiger partial charge in [-0.3, -0.25) is 14.4 Å². The fourth-order valence-corrected chi connectivity index (χ4v) is 1.89. The van der Waals surface area contributed by atoms with E-state index >= 15 is 0 Å². The summed E-state index contributed by atoms with van der Waals surface area (Å²) >= 11 is 0. The van der Waals surface area contributed by atoms with Gasteiger partial charge in [-0.1, -0.05) is 30.3 Å². The molecule has 0 atom stereocenters. The number of carbonyl (C=O) groups is 3. The summed E-state index contributed by atoms with van der Waals surface area (Å²) in [6, 6.07) is 15.5. The minimum absolute atomic E-state index is 0.0853. The van der Waals surface area contributed by atoms with Crippen LogP contribution in [0.1, 0.15) is 23.7 Å². The predicted molar refractivity (Wildman–Crippen MR) is 84.8 cm³/mol. The SMILES string of the molecule is CC(=O)c1cccc(NC(=O)CC(=O)Nc2ccccc2)c1. The van der Waals surface area contributed by atoms with E-state index in [9.17, 15) is 14.4 Å². The van der Waals surface area contributed by atoms with Crippen LogP contribution < -0.4 is 10.6 Å². The molecular formula is C17H16N2O3. The van der Waals surface area contributed by atoms with Gasteiger partial charge in [0.25, 0.3) is 0 Å². The van der Waals surface area contributed by atoms with Gasteiger partial charge in [0.05, 0.1) is 0 Å². The number of anilines is 2. The Labute approximate surface area is 128 Å². The Bertz CT molecular complexity index is 696. The third-order valence-corrected chi connectivity index (χ3v) is 2.93. The molecule has 0 aliphatic rings. The van der Waals surface area contributed by atoms with E-state index in [1.807, 2.05) is 6.07 Å². The summed E-state index contributed by atoms with van der Waals surface area (Å²) in [4.78, 5) is 34.9. The van der Waals surface area contributed by atoms with Gasteiger partial charge in [-0.25, -0.2) is 0 Å². The van der Waals surface area contributed by atoms with Crippen LogP contribution in [-0.4, -0.2) is 17.6 Å². The van der Waals surface area contributed by atoms with Crippen molar-refractivity contribution in [3.63, 3.8) is 0 Å². The first-order valence-electron chi connectivity index (χ1n) is 6.80. The number of nitrogens with one attached hydrogen (secondary N) is 2. The molecule has 0 spiro atoms. The number of Topliss-reactive ketones (excluding diaryl/α,β-unsaturated/α-hetero) is 1. The molecule has 22 heavy (non-hydrogen) atoms. The zero-order valence-electron chi connectivity index (χ0n) is 12.1. The molecule has 0 fully saturated rings. The Balaban J connectivity index is 1.91. The second-order valence-electron chi connectivity index (χ2n) is 4.78. The predicted octanol–water partition coefficient (Wildman–Crippen LogP) is 2.86. The maximum atomic E-state index is 11.8. The lowest BCUT2D eigenvalue weighted by Gasteiger charge is -2.07. The topological polar surface area (TPSA) is 75.3 Å². The fourth-order valence-electron chi connectivity index (χ4n) is 1.89. The molecule has 0 saturated carbocycles. The van der Waals surface area contributed by atoms with Crippen molar-refractivity contribution >= 4 is 29.0 Å². The number of ketones is 1. The van der Waals surface area contributed by atoms with Crippen LogP contribution >= 0.6 is 0 Å². The Morgan fingerprint density at radius 3 is 2.05 bits per heavy atom. The van der Waals surface area contributed by atoms with Crippen LogP contribution in [0, 0.1) is 0 Å². The highest BCUT2D eigenvalue weighted by molar-refractivity contribution is 6.08. The van der Waals surface area contributed by atoms with Gasteiger partial charge >= 0.3 is 0 Å². The maximum Gasteiger partial charge on any atom is 0.233 e. The average Bonchev–Trinajstić information content (AvgIpc) is 2.48. The molecule has 0 aliphatic carbocycles. The first kappa shape index (κ1) is 15.4. The van der Waals surface area contributed by atoms with Gasteiger partial charge in [0, 0.05) is 16.9 Å². The highest BCUT2D eigenvalue weighted by atomic mass is 16.2. The van der Waals surface area contributed by atoms with Crippen LogP contribution in [0.25, 0.3) is 0 Å². The molecule has 0 heterocycles. The summed E-state index contributed by atoms with van der Waals surface area (Å²) in [5.41, 5.74) is 1.63. The van der Waals surface area contributed by atoms with E-state index in [1.54, 1.807) is 48.5 Å². The number of para-hydroxylation sites is 1. The van der Waals surface area contributed by atoms with Gasteiger partial charge in [0.1, 0.15) is 6.42 Å². The Kier molecular flexibility index (Phi) is 5.03. The van der Waals surface area contributed by atoms with Crippen molar-refractivity contribution in [1.29, 1.82) is 0 Å². The summed E-state index contributed by atoms with van der Waals surface area (Å²) in [6.45, 7) is 1.45. The van der Waals surface area contributed by atoms with Crippen LogP contribution in [0.2, 0.25) is 0 Å². The van der Waals surface area contributed by atoms with Gasteiger partial charge in [0.15, 0.2) is 5.78 Å².